The van der Waals surface area contributed by atoms with Gasteiger partial charge in [0.15, 0.2) is 6.10 Å². The summed E-state index contributed by atoms with van der Waals surface area (Å²) in [6.07, 6.45) is 0.933. The molecule has 0 saturated heterocycles. The molecule has 146 valence electrons. The monoisotopic (exact) mass is 391 g/mol. The van der Waals surface area contributed by atoms with Crippen LogP contribution in [0.4, 0.5) is 0 Å². The minimum Gasteiger partial charge on any atom is -0.481 e. The molecule has 1 aromatic carbocycles. The molecule has 0 aliphatic rings. The zero-order valence-electron chi connectivity index (χ0n) is 15.7. The van der Waals surface area contributed by atoms with Crippen molar-refractivity contribution < 1.29 is 17.9 Å². The van der Waals surface area contributed by atoms with Crippen LogP contribution >= 0.6 is 0 Å². The standard InChI is InChI=1S/C19H25N3O4S/c1-14(2)12-21-19(23)15(3)26-17-7-9-18(10-8-17)27(24,25)22-13-16-6-4-5-11-20-16/h4-11,14-15,22H,12-13H2,1-3H3,(H,21,23)/t15-/m1/s1. The van der Waals surface area contributed by atoms with Crippen LogP contribution in [-0.4, -0.2) is 32.0 Å². The Bertz CT molecular complexity index is 837. The molecule has 2 rings (SSSR count). The summed E-state index contributed by atoms with van der Waals surface area (Å²) in [6.45, 7) is 6.34. The lowest BCUT2D eigenvalue weighted by atomic mass is 10.2. The summed E-state index contributed by atoms with van der Waals surface area (Å²) >= 11 is 0. The molecule has 1 aromatic heterocycles. The predicted molar refractivity (Wildman–Crippen MR) is 103 cm³/mol. The van der Waals surface area contributed by atoms with Crippen LogP contribution in [0, 0.1) is 5.92 Å². The molecule has 2 N–H and O–H groups in total. The molecule has 0 bridgehead atoms. The molecule has 0 radical (unpaired) electrons. The Morgan fingerprint density at radius 2 is 1.81 bits per heavy atom. The molecule has 1 atom stereocenters. The largest absolute Gasteiger partial charge is 0.481 e. The first kappa shape index (κ1) is 20.9. The second-order valence-electron chi connectivity index (χ2n) is 6.52. The summed E-state index contributed by atoms with van der Waals surface area (Å²) in [5.41, 5.74) is 0.627. The molecule has 2 aromatic rings. The molecule has 1 heterocycles. The summed E-state index contributed by atoms with van der Waals surface area (Å²) in [5, 5.41) is 2.79. The second-order valence-corrected chi connectivity index (χ2v) is 8.28. The van der Waals surface area contributed by atoms with Crippen LogP contribution in [0.5, 0.6) is 5.75 Å². The quantitative estimate of drug-likeness (QED) is 0.682. The fraction of sp³-hybridized carbons (Fsp3) is 0.368. The third-order valence-electron chi connectivity index (χ3n) is 3.67. The van der Waals surface area contributed by atoms with Gasteiger partial charge in [0, 0.05) is 12.7 Å². The Morgan fingerprint density at radius 3 is 2.41 bits per heavy atom. The molecule has 0 fully saturated rings. The molecule has 7 nitrogen and oxygen atoms in total. The highest BCUT2D eigenvalue weighted by Crippen LogP contribution is 2.17. The van der Waals surface area contributed by atoms with Gasteiger partial charge in [0.05, 0.1) is 17.1 Å². The van der Waals surface area contributed by atoms with Gasteiger partial charge in [-0.3, -0.25) is 9.78 Å². The minimum absolute atomic E-state index is 0.106. The number of hydrogen-bond acceptors (Lipinski definition) is 5. The Kier molecular flexibility index (Phi) is 7.32. The Labute approximate surface area is 160 Å². The number of hydrogen-bond donors (Lipinski definition) is 2. The topological polar surface area (TPSA) is 97.4 Å². The minimum atomic E-state index is -3.66. The number of nitrogens with one attached hydrogen (secondary N) is 2. The number of pyridine rings is 1. The van der Waals surface area contributed by atoms with Gasteiger partial charge < -0.3 is 10.1 Å². The molecule has 27 heavy (non-hydrogen) atoms. The van der Waals surface area contributed by atoms with Crippen molar-refractivity contribution >= 4 is 15.9 Å². The summed E-state index contributed by atoms with van der Waals surface area (Å²) in [6, 6.07) is 11.2. The summed E-state index contributed by atoms with van der Waals surface area (Å²) < 4.78 is 32.8. The number of ether oxygens (including phenoxy) is 1. The van der Waals surface area contributed by atoms with Gasteiger partial charge in [0.1, 0.15) is 5.75 Å². The van der Waals surface area contributed by atoms with Gasteiger partial charge in [-0.05, 0) is 49.2 Å². The zero-order valence-corrected chi connectivity index (χ0v) is 16.5. The third-order valence-corrected chi connectivity index (χ3v) is 5.09. The van der Waals surface area contributed by atoms with E-state index in [2.05, 4.69) is 15.0 Å². The van der Waals surface area contributed by atoms with Gasteiger partial charge in [-0.1, -0.05) is 19.9 Å². The van der Waals surface area contributed by atoms with E-state index in [0.717, 1.165) is 0 Å². The van der Waals surface area contributed by atoms with E-state index in [4.69, 9.17) is 4.74 Å². The average Bonchev–Trinajstić information content (AvgIpc) is 2.65. The molecule has 0 aliphatic heterocycles. The molecular weight excluding hydrogens is 366 g/mol. The number of carbonyl (C=O) groups excluding carboxylic acids is 1. The van der Waals surface area contributed by atoms with E-state index in [9.17, 15) is 13.2 Å². The summed E-state index contributed by atoms with van der Waals surface area (Å²) in [4.78, 5) is 16.1. The van der Waals surface area contributed by atoms with Gasteiger partial charge in [0.25, 0.3) is 5.91 Å². The molecule has 1 amide bonds. The Hall–Kier alpha value is -2.45. The first-order valence-corrected chi connectivity index (χ1v) is 10.2. The van der Waals surface area contributed by atoms with Crippen molar-refractivity contribution in [3.63, 3.8) is 0 Å². The number of aromatic nitrogens is 1. The number of amides is 1. The van der Waals surface area contributed by atoms with Crippen molar-refractivity contribution in [1.82, 2.24) is 15.0 Å². The van der Waals surface area contributed by atoms with E-state index in [1.165, 1.54) is 24.3 Å². The van der Waals surface area contributed by atoms with Crippen molar-refractivity contribution in [2.24, 2.45) is 5.92 Å². The van der Waals surface area contributed by atoms with Crippen molar-refractivity contribution in [3.8, 4) is 5.75 Å². The lowest BCUT2D eigenvalue weighted by molar-refractivity contribution is -0.127. The van der Waals surface area contributed by atoms with Crippen LogP contribution in [0.3, 0.4) is 0 Å². The van der Waals surface area contributed by atoms with Crippen LogP contribution in [0.25, 0.3) is 0 Å². The van der Waals surface area contributed by atoms with Gasteiger partial charge in [-0.2, -0.15) is 0 Å². The van der Waals surface area contributed by atoms with Crippen molar-refractivity contribution in [1.29, 1.82) is 0 Å². The number of benzene rings is 1. The van der Waals surface area contributed by atoms with Crippen LogP contribution < -0.4 is 14.8 Å². The fourth-order valence-corrected chi connectivity index (χ4v) is 3.16. The third kappa shape index (κ3) is 6.65. The Morgan fingerprint density at radius 1 is 1.11 bits per heavy atom. The second kappa shape index (κ2) is 9.48. The molecule has 0 spiro atoms. The van der Waals surface area contributed by atoms with Gasteiger partial charge in [0.2, 0.25) is 10.0 Å². The predicted octanol–water partition coefficient (Wildman–Crippen LogP) is 2.10. The van der Waals surface area contributed by atoms with Gasteiger partial charge >= 0.3 is 0 Å². The van der Waals surface area contributed by atoms with Gasteiger partial charge in [-0.25, -0.2) is 13.1 Å². The summed E-state index contributed by atoms with van der Waals surface area (Å²) in [7, 11) is -3.66. The van der Waals surface area contributed by atoms with Gasteiger partial charge in [-0.15, -0.1) is 0 Å². The fourth-order valence-electron chi connectivity index (χ4n) is 2.16. The number of sulfonamides is 1. The lowest BCUT2D eigenvalue weighted by Crippen LogP contribution is -2.38. The maximum atomic E-state index is 12.4. The van der Waals surface area contributed by atoms with Crippen LogP contribution in [-0.2, 0) is 21.4 Å². The lowest BCUT2D eigenvalue weighted by Gasteiger charge is -2.16. The van der Waals surface area contributed by atoms with Crippen molar-refractivity contribution in [2.45, 2.75) is 38.3 Å². The normalized spacial score (nSPS) is 12.6. The average molecular weight is 391 g/mol. The van der Waals surface area contributed by atoms with Crippen LogP contribution in [0.2, 0.25) is 0 Å². The maximum Gasteiger partial charge on any atom is 0.260 e. The maximum absolute atomic E-state index is 12.4. The number of carbonyl (C=O) groups is 1. The van der Waals surface area contributed by atoms with E-state index >= 15 is 0 Å². The van der Waals surface area contributed by atoms with Crippen molar-refractivity contribution in [2.75, 3.05) is 6.54 Å². The zero-order chi connectivity index (χ0) is 19.9. The van der Waals surface area contributed by atoms with E-state index < -0.39 is 16.1 Å². The van der Waals surface area contributed by atoms with E-state index in [0.29, 0.717) is 23.9 Å². The number of nitrogens with zero attached hydrogens (tertiary/aromatic N) is 1. The molecule has 0 saturated carbocycles. The highest BCUT2D eigenvalue weighted by Gasteiger charge is 2.17. The van der Waals surface area contributed by atoms with E-state index in [1.807, 2.05) is 13.8 Å². The molecular formula is C19H25N3O4S. The highest BCUT2D eigenvalue weighted by molar-refractivity contribution is 7.89. The van der Waals surface area contributed by atoms with Crippen molar-refractivity contribution in [3.05, 3.63) is 54.4 Å². The van der Waals surface area contributed by atoms with Crippen LogP contribution in [0.15, 0.2) is 53.6 Å². The summed E-state index contributed by atoms with van der Waals surface area (Å²) in [5.74, 6) is 0.563. The first-order valence-electron chi connectivity index (χ1n) is 8.72. The first-order chi connectivity index (χ1) is 12.8. The van der Waals surface area contributed by atoms with E-state index in [1.54, 1.807) is 31.3 Å². The SMILES string of the molecule is CC(C)CNC(=O)[C@@H](C)Oc1ccc(S(=O)(=O)NCc2ccccn2)cc1. The smallest absolute Gasteiger partial charge is 0.260 e. The molecule has 0 aliphatic carbocycles. The van der Waals surface area contributed by atoms with E-state index in [-0.39, 0.29) is 17.3 Å². The van der Waals surface area contributed by atoms with Crippen LogP contribution in [0.1, 0.15) is 26.5 Å². The molecule has 0 unspecified atom stereocenters. The Balaban J connectivity index is 1.94. The molecule has 8 heteroatoms. The number of rotatable bonds is 9. The highest BCUT2D eigenvalue weighted by atomic mass is 32.2.